The van der Waals surface area contributed by atoms with Crippen LogP contribution in [0.3, 0.4) is 0 Å². The molecular weight excluding hydrogens is 501 g/mol. The third kappa shape index (κ3) is 5.27. The predicted molar refractivity (Wildman–Crippen MR) is 143 cm³/mol. The summed E-state index contributed by atoms with van der Waals surface area (Å²) < 4.78 is 42.5. The molecule has 2 aliphatic heterocycles. The molecule has 36 heavy (non-hydrogen) atoms. The monoisotopic (exact) mass is 535 g/mol. The molecule has 196 valence electrons. The number of hydrogen-bond acceptors (Lipinski definition) is 4. The minimum absolute atomic E-state index is 0.0744. The third-order valence-electron chi connectivity index (χ3n) is 7.57. The molecule has 0 N–H and O–H groups in total. The zero-order valence-electron chi connectivity index (χ0n) is 21.4. The van der Waals surface area contributed by atoms with Gasteiger partial charge in [-0.2, -0.15) is 0 Å². The second-order valence-corrected chi connectivity index (χ2v) is 13.1. The van der Waals surface area contributed by atoms with Gasteiger partial charge < -0.3 is 9.80 Å². The highest BCUT2D eigenvalue weighted by Gasteiger charge is 2.43. The van der Waals surface area contributed by atoms with Gasteiger partial charge in [0, 0.05) is 55.9 Å². The van der Waals surface area contributed by atoms with Crippen molar-refractivity contribution < 1.29 is 17.6 Å². The van der Waals surface area contributed by atoms with E-state index in [1.165, 1.54) is 4.31 Å². The Hall–Kier alpha value is -2.16. The molecule has 6 nitrogen and oxygen atoms in total. The Balaban J connectivity index is 1.57. The zero-order chi connectivity index (χ0) is 26.2. The lowest BCUT2D eigenvalue weighted by molar-refractivity contribution is -0.137. The van der Waals surface area contributed by atoms with Crippen LogP contribution in [0.25, 0.3) is 0 Å². The number of benzene rings is 2. The summed E-state index contributed by atoms with van der Waals surface area (Å²) in [6.07, 6.45) is 0.407. The Morgan fingerprint density at radius 3 is 2.39 bits per heavy atom. The van der Waals surface area contributed by atoms with Crippen molar-refractivity contribution in [2.24, 2.45) is 5.92 Å². The molecule has 2 aromatic carbocycles. The number of carbonyl (C=O) groups excluding carboxylic acids is 1. The summed E-state index contributed by atoms with van der Waals surface area (Å²) in [6.45, 7) is 9.73. The highest BCUT2D eigenvalue weighted by molar-refractivity contribution is 7.89. The van der Waals surface area contributed by atoms with Gasteiger partial charge in [-0.05, 0) is 62.9 Å². The molecule has 0 aliphatic carbocycles. The van der Waals surface area contributed by atoms with E-state index in [4.69, 9.17) is 11.6 Å². The third-order valence-corrected chi connectivity index (χ3v) is 10.1. The van der Waals surface area contributed by atoms with Crippen molar-refractivity contribution in [1.29, 1.82) is 0 Å². The van der Waals surface area contributed by atoms with Crippen LogP contribution in [-0.4, -0.2) is 68.0 Å². The van der Waals surface area contributed by atoms with Gasteiger partial charge in [0.2, 0.25) is 15.9 Å². The first kappa shape index (κ1) is 26.9. The van der Waals surface area contributed by atoms with E-state index in [0.29, 0.717) is 48.7 Å². The van der Waals surface area contributed by atoms with Gasteiger partial charge in [0.1, 0.15) is 5.82 Å². The molecular formula is C27H35ClFN3O3S. The summed E-state index contributed by atoms with van der Waals surface area (Å²) in [5.41, 5.74) is 3.21. The molecule has 2 heterocycles. The van der Waals surface area contributed by atoms with E-state index in [0.717, 1.165) is 11.3 Å². The summed E-state index contributed by atoms with van der Waals surface area (Å²) in [4.78, 5) is 17.9. The molecule has 0 aromatic heterocycles. The predicted octanol–water partition coefficient (Wildman–Crippen LogP) is 4.59. The molecule has 0 radical (unpaired) electrons. The van der Waals surface area contributed by atoms with Crippen LogP contribution in [0.1, 0.15) is 42.9 Å². The lowest BCUT2D eigenvalue weighted by Gasteiger charge is -2.43. The average molecular weight is 536 g/mol. The summed E-state index contributed by atoms with van der Waals surface area (Å²) in [7, 11) is -3.53. The van der Waals surface area contributed by atoms with Gasteiger partial charge in [-0.25, -0.2) is 17.1 Å². The van der Waals surface area contributed by atoms with Crippen molar-refractivity contribution in [1.82, 2.24) is 9.21 Å². The van der Waals surface area contributed by atoms with Gasteiger partial charge in [0.15, 0.2) is 0 Å². The second-order valence-electron chi connectivity index (χ2n) is 10.2. The van der Waals surface area contributed by atoms with Crippen molar-refractivity contribution in [2.75, 3.05) is 44.2 Å². The minimum atomic E-state index is -3.53. The van der Waals surface area contributed by atoms with Crippen LogP contribution < -0.4 is 4.90 Å². The smallest absolute Gasteiger partial charge is 0.227 e. The first-order valence-corrected chi connectivity index (χ1v) is 14.4. The fourth-order valence-electron chi connectivity index (χ4n) is 5.36. The molecule has 0 saturated carbocycles. The van der Waals surface area contributed by atoms with Crippen LogP contribution in [-0.2, 0) is 14.8 Å². The largest absolute Gasteiger partial charge is 0.368 e. The van der Waals surface area contributed by atoms with Crippen LogP contribution >= 0.6 is 11.6 Å². The topological polar surface area (TPSA) is 60.9 Å². The minimum Gasteiger partial charge on any atom is -0.368 e. The van der Waals surface area contributed by atoms with Crippen molar-refractivity contribution in [3.05, 3.63) is 63.9 Å². The Labute approximate surface area is 219 Å². The lowest BCUT2D eigenvalue weighted by atomic mass is 9.79. The number of carbonyl (C=O) groups is 1. The molecule has 4 rings (SSSR count). The van der Waals surface area contributed by atoms with E-state index < -0.39 is 21.2 Å². The Kier molecular flexibility index (Phi) is 7.98. The van der Waals surface area contributed by atoms with Crippen LogP contribution in [0.4, 0.5) is 10.1 Å². The van der Waals surface area contributed by atoms with Crippen molar-refractivity contribution >= 4 is 33.2 Å². The van der Waals surface area contributed by atoms with Crippen LogP contribution in [0.2, 0.25) is 5.02 Å². The maximum atomic E-state index is 15.2. The molecule has 2 saturated heterocycles. The highest BCUT2D eigenvalue weighted by atomic mass is 35.5. The number of anilines is 1. The van der Waals surface area contributed by atoms with Gasteiger partial charge in [-0.15, -0.1) is 0 Å². The molecule has 9 heteroatoms. The highest BCUT2D eigenvalue weighted by Crippen LogP contribution is 2.38. The summed E-state index contributed by atoms with van der Waals surface area (Å²) >= 11 is 6.21. The molecule has 1 amide bonds. The molecule has 2 unspecified atom stereocenters. The second kappa shape index (κ2) is 10.7. The quantitative estimate of drug-likeness (QED) is 0.562. The fourth-order valence-corrected chi connectivity index (χ4v) is 6.85. The summed E-state index contributed by atoms with van der Waals surface area (Å²) in [5, 5.41) is 0.0933. The van der Waals surface area contributed by atoms with E-state index in [-0.39, 0.29) is 30.7 Å². The van der Waals surface area contributed by atoms with Crippen LogP contribution in [0, 0.1) is 25.6 Å². The van der Waals surface area contributed by atoms with Gasteiger partial charge >= 0.3 is 0 Å². The zero-order valence-corrected chi connectivity index (χ0v) is 22.9. The van der Waals surface area contributed by atoms with Gasteiger partial charge in [-0.1, -0.05) is 35.9 Å². The maximum absolute atomic E-state index is 15.2. The Morgan fingerprint density at radius 1 is 1.03 bits per heavy atom. The number of nitrogens with zero attached hydrogens (tertiary/aromatic N) is 3. The van der Waals surface area contributed by atoms with E-state index in [1.54, 1.807) is 39.0 Å². The number of rotatable bonds is 5. The molecule has 2 aliphatic rings. The van der Waals surface area contributed by atoms with E-state index in [1.807, 2.05) is 30.0 Å². The van der Waals surface area contributed by atoms with Crippen LogP contribution in [0.15, 0.2) is 36.4 Å². The van der Waals surface area contributed by atoms with Gasteiger partial charge in [0.05, 0.1) is 11.2 Å². The fraction of sp³-hybridized carbons (Fsp3) is 0.519. The molecule has 0 bridgehead atoms. The maximum Gasteiger partial charge on any atom is 0.227 e. The SMILES string of the molecule is Cc1ccc(Cl)cc1N1CCN(C(=O)C2CN(S(=O)(=O)C(C)C)CCC2c2cccc(C)c2F)CC1. The number of hydrogen-bond donors (Lipinski definition) is 0. The Bertz CT molecular complexity index is 1230. The Morgan fingerprint density at radius 2 is 1.72 bits per heavy atom. The molecule has 2 fully saturated rings. The number of aryl methyl sites for hydroxylation is 2. The standard InChI is InChI=1S/C27H35ClFN3O3S/c1-18(2)36(34,35)32-11-10-22(23-7-5-6-20(4)26(23)29)24(17-32)27(33)31-14-12-30(13-15-31)25-16-21(28)9-8-19(25)3/h5-9,16,18,22,24H,10-15,17H2,1-4H3. The van der Waals surface area contributed by atoms with Crippen molar-refractivity contribution in [2.45, 2.75) is 45.3 Å². The molecule has 2 aromatic rings. The molecule has 0 spiro atoms. The number of halogens is 2. The van der Waals surface area contributed by atoms with E-state index in [2.05, 4.69) is 4.90 Å². The number of piperidine rings is 1. The number of amides is 1. The number of sulfonamides is 1. The lowest BCUT2D eigenvalue weighted by Crippen LogP contribution is -2.55. The van der Waals surface area contributed by atoms with Crippen molar-refractivity contribution in [3.8, 4) is 0 Å². The van der Waals surface area contributed by atoms with E-state index in [9.17, 15) is 13.2 Å². The molecule has 2 atom stereocenters. The van der Waals surface area contributed by atoms with Crippen LogP contribution in [0.5, 0.6) is 0 Å². The summed E-state index contributed by atoms with van der Waals surface area (Å²) in [6, 6.07) is 11.1. The first-order chi connectivity index (χ1) is 17.0. The van der Waals surface area contributed by atoms with Gasteiger partial charge in [-0.3, -0.25) is 4.79 Å². The normalized spacial score (nSPS) is 21.8. The summed E-state index contributed by atoms with van der Waals surface area (Å²) in [5.74, 6) is -1.42. The van der Waals surface area contributed by atoms with Crippen molar-refractivity contribution in [3.63, 3.8) is 0 Å². The first-order valence-electron chi connectivity index (χ1n) is 12.5. The average Bonchev–Trinajstić information content (AvgIpc) is 2.86. The van der Waals surface area contributed by atoms with E-state index >= 15 is 4.39 Å². The number of piperazine rings is 1. The van der Waals surface area contributed by atoms with Gasteiger partial charge in [0.25, 0.3) is 0 Å².